The summed E-state index contributed by atoms with van der Waals surface area (Å²) in [6, 6.07) is -0.952. The van der Waals surface area contributed by atoms with Gasteiger partial charge in [0.1, 0.15) is 6.04 Å². The fraction of sp³-hybridized carbons (Fsp3) is 0.615. The molecule has 2 atom stereocenters. The first-order valence-corrected chi connectivity index (χ1v) is 6.76. The summed E-state index contributed by atoms with van der Waals surface area (Å²) in [6.07, 6.45) is 6.26. The molecule has 1 aromatic rings. The van der Waals surface area contributed by atoms with E-state index < -0.39 is 12.0 Å². The van der Waals surface area contributed by atoms with Gasteiger partial charge in [0.15, 0.2) is 0 Å². The average molecular weight is 281 g/mol. The summed E-state index contributed by atoms with van der Waals surface area (Å²) >= 11 is 0. The van der Waals surface area contributed by atoms with Crippen LogP contribution < -0.4 is 5.32 Å². The number of ether oxygens (including phenoxy) is 1. The van der Waals surface area contributed by atoms with Crippen molar-refractivity contribution in [3.8, 4) is 0 Å². The van der Waals surface area contributed by atoms with Crippen LogP contribution in [0.3, 0.4) is 0 Å². The van der Waals surface area contributed by atoms with Gasteiger partial charge >= 0.3 is 5.97 Å². The van der Waals surface area contributed by atoms with E-state index >= 15 is 0 Å². The lowest BCUT2D eigenvalue weighted by Gasteiger charge is -2.22. The van der Waals surface area contributed by atoms with E-state index in [1.54, 1.807) is 6.20 Å². The highest BCUT2D eigenvalue weighted by Gasteiger charge is 2.23. The Morgan fingerprint density at radius 1 is 1.55 bits per heavy atom. The van der Waals surface area contributed by atoms with Gasteiger partial charge in [-0.2, -0.15) is 0 Å². The van der Waals surface area contributed by atoms with E-state index in [4.69, 9.17) is 9.84 Å². The number of carboxylic acid groups (broad SMARTS) is 1. The van der Waals surface area contributed by atoms with Crippen LogP contribution in [0.25, 0.3) is 0 Å². The van der Waals surface area contributed by atoms with Crippen molar-refractivity contribution >= 4 is 11.9 Å². The summed E-state index contributed by atoms with van der Waals surface area (Å²) < 4.78 is 5.47. The van der Waals surface area contributed by atoms with Crippen molar-refractivity contribution in [2.45, 2.75) is 44.2 Å². The molecule has 0 aromatic carbocycles. The van der Waals surface area contributed by atoms with E-state index in [0.29, 0.717) is 12.3 Å². The first-order chi connectivity index (χ1) is 9.65. The number of hydrogen-bond acceptors (Lipinski definition) is 4. The minimum absolute atomic E-state index is 0.0923. The van der Waals surface area contributed by atoms with E-state index in [2.05, 4.69) is 15.3 Å². The van der Waals surface area contributed by atoms with E-state index in [9.17, 15) is 9.59 Å². The van der Waals surface area contributed by atoms with E-state index in [-0.39, 0.29) is 24.9 Å². The summed E-state index contributed by atoms with van der Waals surface area (Å²) in [6.45, 7) is 0.675. The van der Waals surface area contributed by atoms with Crippen LogP contribution in [0, 0.1) is 0 Å². The lowest BCUT2D eigenvalue weighted by Crippen LogP contribution is -2.43. The number of aromatic amines is 1. The third-order valence-electron chi connectivity index (χ3n) is 3.30. The second-order valence-corrected chi connectivity index (χ2v) is 4.93. The highest BCUT2D eigenvalue weighted by Crippen LogP contribution is 2.15. The number of H-pyrrole nitrogens is 1. The Kier molecular flexibility index (Phi) is 5.11. The van der Waals surface area contributed by atoms with Gasteiger partial charge in [-0.1, -0.05) is 0 Å². The number of carbonyl (C=O) groups is 2. The maximum atomic E-state index is 11.9. The lowest BCUT2D eigenvalue weighted by molar-refractivity contribution is -0.142. The second-order valence-electron chi connectivity index (χ2n) is 4.93. The Labute approximate surface area is 116 Å². The van der Waals surface area contributed by atoms with Crippen LogP contribution in [-0.2, 0) is 20.7 Å². The number of carbonyl (C=O) groups excluding carboxylic acids is 1. The molecule has 2 rings (SSSR count). The maximum Gasteiger partial charge on any atom is 0.326 e. The first-order valence-electron chi connectivity index (χ1n) is 6.76. The molecule has 0 aliphatic carbocycles. The number of aliphatic carboxylic acids is 1. The van der Waals surface area contributed by atoms with Crippen LogP contribution in [0.15, 0.2) is 12.5 Å². The minimum atomic E-state index is -1.06. The average Bonchev–Trinajstić information content (AvgIpc) is 2.92. The molecular weight excluding hydrogens is 262 g/mol. The molecule has 0 bridgehead atoms. The van der Waals surface area contributed by atoms with Crippen molar-refractivity contribution < 1.29 is 19.4 Å². The molecule has 0 radical (unpaired) electrons. The monoisotopic (exact) mass is 281 g/mol. The molecule has 1 aromatic heterocycles. The van der Waals surface area contributed by atoms with Crippen molar-refractivity contribution in [2.75, 3.05) is 6.61 Å². The molecule has 2 heterocycles. The molecule has 110 valence electrons. The Bertz CT molecular complexity index is 440. The SMILES string of the molecule is O=C(CC1CCCCO1)NC(Cc1cnc[nH]1)C(=O)O. The zero-order valence-corrected chi connectivity index (χ0v) is 11.2. The third-order valence-corrected chi connectivity index (χ3v) is 3.30. The number of nitrogens with one attached hydrogen (secondary N) is 2. The fourth-order valence-electron chi connectivity index (χ4n) is 2.24. The number of carboxylic acids is 1. The Morgan fingerprint density at radius 2 is 2.40 bits per heavy atom. The van der Waals surface area contributed by atoms with E-state index in [1.807, 2.05) is 0 Å². The lowest BCUT2D eigenvalue weighted by atomic mass is 10.1. The molecule has 1 fully saturated rings. The summed E-state index contributed by atoms with van der Waals surface area (Å²) in [4.78, 5) is 29.7. The molecule has 1 aliphatic rings. The van der Waals surface area contributed by atoms with Crippen LogP contribution in [0.2, 0.25) is 0 Å². The van der Waals surface area contributed by atoms with Gasteiger partial charge in [-0.15, -0.1) is 0 Å². The molecule has 0 spiro atoms. The zero-order chi connectivity index (χ0) is 14.4. The van der Waals surface area contributed by atoms with Gasteiger partial charge in [-0.3, -0.25) is 4.79 Å². The number of rotatable bonds is 6. The van der Waals surface area contributed by atoms with E-state index in [0.717, 1.165) is 19.3 Å². The van der Waals surface area contributed by atoms with Gasteiger partial charge in [0.05, 0.1) is 18.9 Å². The van der Waals surface area contributed by atoms with Gasteiger partial charge in [0.2, 0.25) is 5.91 Å². The topological polar surface area (TPSA) is 104 Å². The number of hydrogen-bond donors (Lipinski definition) is 3. The van der Waals surface area contributed by atoms with E-state index in [1.165, 1.54) is 6.33 Å². The number of aromatic nitrogens is 2. The second kappa shape index (κ2) is 7.04. The van der Waals surface area contributed by atoms with Crippen LogP contribution in [-0.4, -0.2) is 45.7 Å². The van der Waals surface area contributed by atoms with Crippen molar-refractivity contribution in [3.05, 3.63) is 18.2 Å². The molecule has 20 heavy (non-hydrogen) atoms. The number of amides is 1. The van der Waals surface area contributed by atoms with Gasteiger partial charge in [0, 0.05) is 24.9 Å². The van der Waals surface area contributed by atoms with Crippen LogP contribution >= 0.6 is 0 Å². The van der Waals surface area contributed by atoms with Gasteiger partial charge in [-0.25, -0.2) is 9.78 Å². The van der Waals surface area contributed by atoms with Gasteiger partial charge in [-0.05, 0) is 19.3 Å². The maximum absolute atomic E-state index is 11.9. The van der Waals surface area contributed by atoms with Crippen molar-refractivity contribution in [3.63, 3.8) is 0 Å². The van der Waals surface area contributed by atoms with Crippen LogP contribution in [0.5, 0.6) is 0 Å². The Balaban J connectivity index is 1.83. The van der Waals surface area contributed by atoms with Crippen molar-refractivity contribution in [2.24, 2.45) is 0 Å². The smallest absolute Gasteiger partial charge is 0.326 e. The molecule has 1 saturated heterocycles. The molecule has 2 unspecified atom stereocenters. The largest absolute Gasteiger partial charge is 0.480 e. The van der Waals surface area contributed by atoms with Gasteiger partial charge < -0.3 is 20.1 Å². The molecular formula is C13H19N3O4. The molecule has 1 amide bonds. The predicted octanol–water partition coefficient (Wildman–Crippen LogP) is 0.481. The molecule has 0 saturated carbocycles. The summed E-state index contributed by atoms with van der Waals surface area (Å²) in [5.41, 5.74) is 0.673. The normalized spacial score (nSPS) is 20.3. The highest BCUT2D eigenvalue weighted by atomic mass is 16.5. The highest BCUT2D eigenvalue weighted by molar-refractivity contribution is 5.83. The quantitative estimate of drug-likeness (QED) is 0.703. The Hall–Kier alpha value is -1.89. The minimum Gasteiger partial charge on any atom is -0.480 e. The summed E-state index contributed by atoms with van der Waals surface area (Å²) in [7, 11) is 0. The van der Waals surface area contributed by atoms with Crippen molar-refractivity contribution in [1.82, 2.24) is 15.3 Å². The molecule has 7 nitrogen and oxygen atoms in total. The van der Waals surface area contributed by atoms with Gasteiger partial charge in [0.25, 0.3) is 0 Å². The van der Waals surface area contributed by atoms with Crippen LogP contribution in [0.1, 0.15) is 31.4 Å². The fourth-order valence-corrected chi connectivity index (χ4v) is 2.24. The molecule has 7 heteroatoms. The van der Waals surface area contributed by atoms with Crippen LogP contribution in [0.4, 0.5) is 0 Å². The van der Waals surface area contributed by atoms with Crippen molar-refractivity contribution in [1.29, 1.82) is 0 Å². The standard InChI is InChI=1S/C13H19N3O4/c17-12(6-10-3-1-2-4-20-10)16-11(13(18)19)5-9-7-14-8-15-9/h7-8,10-11H,1-6H2,(H,14,15)(H,16,17)(H,18,19). The third kappa shape index (κ3) is 4.34. The number of imidazole rings is 1. The Morgan fingerprint density at radius 3 is 3.00 bits per heavy atom. The zero-order valence-electron chi connectivity index (χ0n) is 11.2. The predicted molar refractivity (Wildman–Crippen MR) is 70.1 cm³/mol. The summed E-state index contributed by atoms with van der Waals surface area (Å²) in [5.74, 6) is -1.35. The number of nitrogens with zero attached hydrogens (tertiary/aromatic N) is 1. The summed E-state index contributed by atoms with van der Waals surface area (Å²) in [5, 5.41) is 11.7. The molecule has 1 aliphatic heterocycles. The first kappa shape index (κ1) is 14.5. The molecule has 3 N–H and O–H groups in total.